The largest absolute Gasteiger partial charge is 0.479 e. The summed E-state index contributed by atoms with van der Waals surface area (Å²) in [5.41, 5.74) is 0.624. The molecular weight excluding hydrogens is 453 g/mol. The number of piperazine rings is 1. The van der Waals surface area contributed by atoms with E-state index >= 15 is 0 Å². The SMILES string of the molecule is C=CC(=O)N1CCN(c2nc(O)nc3c(Oc4c(Cl)c(F)cc5[nH]ncc45)nccc23)CC1. The number of benzene rings is 1. The van der Waals surface area contributed by atoms with Crippen molar-refractivity contribution < 1.29 is 19.0 Å². The van der Waals surface area contributed by atoms with E-state index in [9.17, 15) is 14.3 Å². The number of fused-ring (bicyclic) bond motifs is 2. The molecule has 1 aliphatic heterocycles. The number of carbonyl (C=O) groups is 1. The molecule has 3 aromatic heterocycles. The maximum absolute atomic E-state index is 14.3. The van der Waals surface area contributed by atoms with Crippen molar-refractivity contribution in [2.24, 2.45) is 0 Å². The van der Waals surface area contributed by atoms with Crippen LogP contribution in [-0.2, 0) is 4.79 Å². The van der Waals surface area contributed by atoms with E-state index in [-0.39, 0.29) is 28.1 Å². The lowest BCUT2D eigenvalue weighted by Crippen LogP contribution is -2.48. The molecule has 0 bridgehead atoms. The molecule has 4 heterocycles. The topological polar surface area (TPSA) is 120 Å². The molecule has 0 spiro atoms. The first kappa shape index (κ1) is 20.9. The highest BCUT2D eigenvalue weighted by Crippen LogP contribution is 2.40. The first-order valence-corrected chi connectivity index (χ1v) is 10.3. The van der Waals surface area contributed by atoms with E-state index in [1.807, 2.05) is 4.90 Å². The summed E-state index contributed by atoms with van der Waals surface area (Å²) in [4.78, 5) is 28.0. The van der Waals surface area contributed by atoms with Crippen LogP contribution in [0.25, 0.3) is 21.8 Å². The summed E-state index contributed by atoms with van der Waals surface area (Å²) in [6.07, 6.45) is 4.24. The van der Waals surface area contributed by atoms with E-state index in [1.54, 1.807) is 11.0 Å². The molecule has 1 aromatic carbocycles. The van der Waals surface area contributed by atoms with Gasteiger partial charge >= 0.3 is 6.01 Å². The summed E-state index contributed by atoms with van der Waals surface area (Å²) < 4.78 is 20.2. The Labute approximate surface area is 191 Å². The number of aromatic hydroxyl groups is 1. The van der Waals surface area contributed by atoms with Crippen LogP contribution in [0.5, 0.6) is 17.6 Å². The second-order valence-electron chi connectivity index (χ2n) is 7.31. The number of H-pyrrole nitrogens is 1. The van der Waals surface area contributed by atoms with Gasteiger partial charge in [0.2, 0.25) is 11.8 Å². The number of rotatable bonds is 4. The lowest BCUT2D eigenvalue weighted by molar-refractivity contribution is -0.126. The van der Waals surface area contributed by atoms with Crippen LogP contribution >= 0.6 is 11.6 Å². The number of hydrogen-bond acceptors (Lipinski definition) is 8. The quantitative estimate of drug-likeness (QED) is 0.437. The lowest BCUT2D eigenvalue weighted by Gasteiger charge is -2.35. The fourth-order valence-electron chi connectivity index (χ4n) is 3.79. The average molecular weight is 470 g/mol. The predicted molar refractivity (Wildman–Crippen MR) is 119 cm³/mol. The zero-order valence-corrected chi connectivity index (χ0v) is 17.9. The van der Waals surface area contributed by atoms with Gasteiger partial charge in [-0.25, -0.2) is 9.37 Å². The molecule has 0 aliphatic carbocycles. The molecule has 0 radical (unpaired) electrons. The van der Waals surface area contributed by atoms with E-state index < -0.39 is 11.8 Å². The van der Waals surface area contributed by atoms with E-state index in [4.69, 9.17) is 16.3 Å². The van der Waals surface area contributed by atoms with Gasteiger partial charge < -0.3 is 19.6 Å². The van der Waals surface area contributed by atoms with Gasteiger partial charge in [-0.3, -0.25) is 9.89 Å². The van der Waals surface area contributed by atoms with Crippen LogP contribution in [0.3, 0.4) is 0 Å². The number of ether oxygens (including phenoxy) is 1. The standard InChI is InChI=1S/C21H17ClFN7O3/c1-2-15(31)29-5-7-30(8-6-29)19-11-3-4-24-20(17(11)26-21(32)27-19)33-18-12-10-25-28-14(12)9-13(23)16(18)22/h2-4,9-10H,1,5-8H2,(H,25,28)(H,26,27,32). The molecular formula is C21H17ClFN7O3. The Morgan fingerprint density at radius 2 is 2.06 bits per heavy atom. The van der Waals surface area contributed by atoms with Crippen LogP contribution in [0, 0.1) is 5.82 Å². The van der Waals surface area contributed by atoms with Crippen molar-refractivity contribution in [3.63, 3.8) is 0 Å². The second-order valence-corrected chi connectivity index (χ2v) is 7.69. The Bertz CT molecular complexity index is 1400. The van der Waals surface area contributed by atoms with Gasteiger partial charge in [-0.2, -0.15) is 15.1 Å². The highest BCUT2D eigenvalue weighted by molar-refractivity contribution is 6.33. The van der Waals surface area contributed by atoms with Gasteiger partial charge in [0.1, 0.15) is 22.2 Å². The van der Waals surface area contributed by atoms with Crippen molar-refractivity contribution in [2.75, 3.05) is 31.1 Å². The summed E-state index contributed by atoms with van der Waals surface area (Å²) in [6, 6.07) is 2.44. The number of pyridine rings is 1. The molecule has 1 amide bonds. The first-order valence-electron chi connectivity index (χ1n) is 9.97. The van der Waals surface area contributed by atoms with Gasteiger partial charge in [-0.05, 0) is 12.1 Å². The minimum absolute atomic E-state index is 0.0157. The number of halogens is 2. The molecule has 2 N–H and O–H groups in total. The number of aromatic amines is 1. The zero-order valence-electron chi connectivity index (χ0n) is 17.1. The van der Waals surface area contributed by atoms with Crippen molar-refractivity contribution in [1.29, 1.82) is 0 Å². The fourth-order valence-corrected chi connectivity index (χ4v) is 3.98. The summed E-state index contributed by atoms with van der Waals surface area (Å²) in [6.45, 7) is 5.46. The third-order valence-corrected chi connectivity index (χ3v) is 5.76. The van der Waals surface area contributed by atoms with Gasteiger partial charge in [0.25, 0.3) is 0 Å². The van der Waals surface area contributed by atoms with Gasteiger partial charge in [0.15, 0.2) is 5.75 Å². The molecule has 10 nitrogen and oxygen atoms in total. The monoisotopic (exact) mass is 469 g/mol. The van der Waals surface area contributed by atoms with Crippen LogP contribution in [0.4, 0.5) is 10.2 Å². The predicted octanol–water partition coefficient (Wildman–Crippen LogP) is 3.03. The van der Waals surface area contributed by atoms with Crippen LogP contribution in [0.1, 0.15) is 0 Å². The van der Waals surface area contributed by atoms with Crippen LogP contribution in [-0.4, -0.2) is 67.2 Å². The molecule has 33 heavy (non-hydrogen) atoms. The lowest BCUT2D eigenvalue weighted by atomic mass is 10.2. The highest BCUT2D eigenvalue weighted by Gasteiger charge is 2.24. The van der Waals surface area contributed by atoms with Crippen LogP contribution < -0.4 is 9.64 Å². The molecule has 0 unspecified atom stereocenters. The molecule has 4 aromatic rings. The minimum Gasteiger partial charge on any atom is -0.479 e. The normalized spacial score (nSPS) is 14.1. The fraction of sp³-hybridized carbons (Fsp3) is 0.190. The Morgan fingerprint density at radius 3 is 2.82 bits per heavy atom. The minimum atomic E-state index is -0.686. The van der Waals surface area contributed by atoms with Gasteiger partial charge in [0, 0.05) is 38.4 Å². The van der Waals surface area contributed by atoms with E-state index in [1.165, 1.54) is 24.5 Å². The van der Waals surface area contributed by atoms with Gasteiger partial charge in [-0.15, -0.1) is 0 Å². The smallest absolute Gasteiger partial charge is 0.316 e. The van der Waals surface area contributed by atoms with Crippen molar-refractivity contribution in [3.8, 4) is 17.6 Å². The third-order valence-electron chi connectivity index (χ3n) is 5.41. The van der Waals surface area contributed by atoms with E-state index in [0.29, 0.717) is 48.3 Å². The van der Waals surface area contributed by atoms with Crippen LogP contribution in [0.15, 0.2) is 37.2 Å². The highest BCUT2D eigenvalue weighted by atomic mass is 35.5. The second kappa shape index (κ2) is 8.17. The van der Waals surface area contributed by atoms with Crippen molar-refractivity contribution in [1.82, 2.24) is 30.0 Å². The Kier molecular flexibility index (Phi) is 5.17. The molecule has 1 fully saturated rings. The average Bonchev–Trinajstić information content (AvgIpc) is 3.29. The Balaban J connectivity index is 1.55. The molecule has 0 atom stereocenters. The number of nitrogens with zero attached hydrogens (tertiary/aromatic N) is 6. The zero-order chi connectivity index (χ0) is 23.1. The summed E-state index contributed by atoms with van der Waals surface area (Å²) >= 11 is 6.17. The molecule has 1 aliphatic rings. The third kappa shape index (κ3) is 3.65. The maximum atomic E-state index is 14.3. The molecule has 0 saturated carbocycles. The van der Waals surface area contributed by atoms with Crippen molar-refractivity contribution in [3.05, 3.63) is 48.0 Å². The molecule has 5 rings (SSSR count). The van der Waals surface area contributed by atoms with E-state index in [2.05, 4.69) is 31.7 Å². The number of anilines is 1. The number of aromatic nitrogens is 5. The summed E-state index contributed by atoms with van der Waals surface area (Å²) in [7, 11) is 0. The molecule has 1 saturated heterocycles. The number of amides is 1. The number of carbonyl (C=O) groups excluding carboxylic acids is 1. The molecule has 12 heteroatoms. The maximum Gasteiger partial charge on any atom is 0.316 e. The van der Waals surface area contributed by atoms with Crippen molar-refractivity contribution >= 4 is 45.1 Å². The number of hydrogen-bond donors (Lipinski definition) is 2. The Hall–Kier alpha value is -3.99. The molecule has 168 valence electrons. The summed E-state index contributed by atoms with van der Waals surface area (Å²) in [5.74, 6) is -0.316. The van der Waals surface area contributed by atoms with Crippen LogP contribution in [0.2, 0.25) is 5.02 Å². The number of nitrogens with one attached hydrogen (secondary N) is 1. The van der Waals surface area contributed by atoms with Crippen molar-refractivity contribution in [2.45, 2.75) is 0 Å². The summed E-state index contributed by atoms with van der Waals surface area (Å²) in [5, 5.41) is 17.6. The Morgan fingerprint density at radius 1 is 1.27 bits per heavy atom. The van der Waals surface area contributed by atoms with Gasteiger partial charge in [0.05, 0.1) is 22.5 Å². The van der Waals surface area contributed by atoms with Gasteiger partial charge in [-0.1, -0.05) is 18.2 Å². The first-order chi connectivity index (χ1) is 16.0. The van der Waals surface area contributed by atoms with E-state index in [0.717, 1.165) is 0 Å².